The number of nitrogens with one attached hydrogen (secondary N) is 2. The quantitative estimate of drug-likeness (QED) is 0.576. The fraction of sp³-hybridized carbons (Fsp3) is 0.696. The Hall–Kier alpha value is -1.84. The van der Waals surface area contributed by atoms with Gasteiger partial charge in [0.05, 0.1) is 19.1 Å². The number of pyridine rings is 1. The summed E-state index contributed by atoms with van der Waals surface area (Å²) >= 11 is 0. The van der Waals surface area contributed by atoms with E-state index in [1.807, 2.05) is 4.90 Å². The molecule has 6 rings (SSSR count). The van der Waals surface area contributed by atoms with Crippen LogP contribution in [0.15, 0.2) is 34.4 Å². The van der Waals surface area contributed by atoms with E-state index in [0.717, 1.165) is 57.9 Å². The normalized spacial score (nSPS) is 35.9. The van der Waals surface area contributed by atoms with Crippen molar-refractivity contribution in [2.24, 2.45) is 16.8 Å². The SMILES string of the molecule is C=NCC1CCCN1C(=O)CNC12CC3CC(C1)CC(NS(=O)(=O)c1ccccn1)(C3)C2. The van der Waals surface area contributed by atoms with E-state index in [1.165, 1.54) is 6.20 Å². The van der Waals surface area contributed by atoms with Gasteiger partial charge in [0.25, 0.3) is 10.0 Å². The van der Waals surface area contributed by atoms with Gasteiger partial charge in [-0.3, -0.25) is 9.79 Å². The predicted octanol–water partition coefficient (Wildman–Crippen LogP) is 1.73. The van der Waals surface area contributed by atoms with E-state index in [1.54, 1.807) is 18.2 Å². The Bertz CT molecular complexity index is 969. The van der Waals surface area contributed by atoms with E-state index in [0.29, 0.717) is 24.9 Å². The molecule has 0 spiro atoms. The topological polar surface area (TPSA) is 104 Å². The van der Waals surface area contributed by atoms with Crippen LogP contribution < -0.4 is 10.0 Å². The lowest BCUT2D eigenvalue weighted by atomic mass is 9.50. The van der Waals surface area contributed by atoms with Gasteiger partial charge in [0, 0.05) is 23.8 Å². The minimum atomic E-state index is -3.69. The molecule has 4 saturated carbocycles. The van der Waals surface area contributed by atoms with Crippen LogP contribution in [0.1, 0.15) is 51.4 Å². The van der Waals surface area contributed by atoms with Gasteiger partial charge in [0.1, 0.15) is 0 Å². The molecule has 1 amide bonds. The average Bonchev–Trinajstić information content (AvgIpc) is 3.20. The summed E-state index contributed by atoms with van der Waals surface area (Å²) in [6.07, 6.45) is 9.16. The summed E-state index contributed by atoms with van der Waals surface area (Å²) in [6, 6.07) is 5.12. The first kappa shape index (κ1) is 22.0. The molecule has 3 unspecified atom stereocenters. The van der Waals surface area contributed by atoms with Crippen LogP contribution in [-0.4, -0.2) is 67.7 Å². The zero-order valence-corrected chi connectivity index (χ0v) is 19.3. The third-order valence-corrected chi connectivity index (χ3v) is 9.47. The van der Waals surface area contributed by atoms with Crippen LogP contribution in [0.25, 0.3) is 0 Å². The first-order valence-electron chi connectivity index (χ1n) is 11.7. The van der Waals surface area contributed by atoms with Crippen molar-refractivity contribution >= 4 is 22.6 Å². The van der Waals surface area contributed by atoms with Gasteiger partial charge in [-0.15, -0.1) is 0 Å². The van der Waals surface area contributed by atoms with Gasteiger partial charge >= 0.3 is 0 Å². The van der Waals surface area contributed by atoms with Gasteiger partial charge in [0.2, 0.25) is 5.91 Å². The average molecular weight is 460 g/mol. The number of amides is 1. The Morgan fingerprint density at radius 3 is 2.66 bits per heavy atom. The van der Waals surface area contributed by atoms with Crippen LogP contribution in [0, 0.1) is 11.8 Å². The number of likely N-dealkylation sites (tertiary alicyclic amines) is 1. The molecule has 5 fully saturated rings. The van der Waals surface area contributed by atoms with E-state index in [4.69, 9.17) is 0 Å². The maximum atomic E-state index is 13.1. The Labute approximate surface area is 190 Å². The summed E-state index contributed by atoms with van der Waals surface area (Å²) in [5.74, 6) is 1.08. The maximum Gasteiger partial charge on any atom is 0.258 e. The summed E-state index contributed by atoms with van der Waals surface area (Å²) < 4.78 is 29.2. The molecule has 1 aromatic heterocycles. The minimum Gasteiger partial charge on any atom is -0.337 e. The van der Waals surface area contributed by atoms with Gasteiger partial charge in [0.15, 0.2) is 5.03 Å². The molecule has 1 aromatic rings. The van der Waals surface area contributed by atoms with Crippen molar-refractivity contribution in [1.82, 2.24) is 19.9 Å². The molecule has 5 aliphatic rings. The molecular weight excluding hydrogens is 426 g/mol. The van der Waals surface area contributed by atoms with Crippen LogP contribution in [0.2, 0.25) is 0 Å². The molecule has 8 nitrogen and oxygen atoms in total. The number of aliphatic imine (C=N–C) groups is 1. The summed E-state index contributed by atoms with van der Waals surface area (Å²) in [7, 11) is -3.69. The molecule has 1 aliphatic heterocycles. The van der Waals surface area contributed by atoms with Gasteiger partial charge in [-0.2, -0.15) is 0 Å². The number of hydrogen-bond acceptors (Lipinski definition) is 6. The molecule has 174 valence electrons. The van der Waals surface area contributed by atoms with Gasteiger partial charge < -0.3 is 10.2 Å². The fourth-order valence-electron chi connectivity index (χ4n) is 7.30. The molecular formula is C23H33N5O3S. The van der Waals surface area contributed by atoms with Crippen molar-refractivity contribution in [2.45, 2.75) is 73.5 Å². The molecule has 0 radical (unpaired) electrons. The summed E-state index contributed by atoms with van der Waals surface area (Å²) in [4.78, 5) is 23.0. The highest BCUT2D eigenvalue weighted by Crippen LogP contribution is 2.57. The molecule has 3 atom stereocenters. The molecule has 0 aromatic carbocycles. The van der Waals surface area contributed by atoms with E-state index < -0.39 is 15.6 Å². The first-order valence-corrected chi connectivity index (χ1v) is 13.2. The van der Waals surface area contributed by atoms with E-state index in [9.17, 15) is 13.2 Å². The Kier molecular flexibility index (Phi) is 5.62. The second-order valence-corrected chi connectivity index (χ2v) is 12.1. The van der Waals surface area contributed by atoms with E-state index in [2.05, 4.69) is 26.7 Å². The lowest BCUT2D eigenvalue weighted by molar-refractivity contribution is -0.132. The monoisotopic (exact) mass is 459 g/mol. The third-order valence-electron chi connectivity index (χ3n) is 7.98. The van der Waals surface area contributed by atoms with Gasteiger partial charge in [-0.25, -0.2) is 18.1 Å². The van der Waals surface area contributed by atoms with Crippen molar-refractivity contribution in [1.29, 1.82) is 0 Å². The largest absolute Gasteiger partial charge is 0.337 e. The third kappa shape index (κ3) is 4.10. The van der Waals surface area contributed by atoms with Crippen molar-refractivity contribution in [3.8, 4) is 0 Å². The zero-order chi connectivity index (χ0) is 22.4. The predicted molar refractivity (Wildman–Crippen MR) is 122 cm³/mol. The molecule has 9 heteroatoms. The Morgan fingerprint density at radius 2 is 1.97 bits per heavy atom. The number of carbonyl (C=O) groups is 1. The smallest absolute Gasteiger partial charge is 0.258 e. The van der Waals surface area contributed by atoms with E-state index >= 15 is 0 Å². The van der Waals surface area contributed by atoms with Gasteiger partial charge in [-0.05, 0) is 82.1 Å². The zero-order valence-electron chi connectivity index (χ0n) is 18.5. The molecule has 4 aliphatic carbocycles. The molecule has 4 bridgehead atoms. The number of carbonyl (C=O) groups excluding carboxylic acids is 1. The number of rotatable bonds is 8. The molecule has 32 heavy (non-hydrogen) atoms. The van der Waals surface area contributed by atoms with Crippen LogP contribution >= 0.6 is 0 Å². The molecule has 2 N–H and O–H groups in total. The van der Waals surface area contributed by atoms with Crippen LogP contribution in [0.4, 0.5) is 0 Å². The lowest BCUT2D eigenvalue weighted by Gasteiger charge is -2.62. The van der Waals surface area contributed by atoms with Crippen LogP contribution in [-0.2, 0) is 14.8 Å². The molecule has 2 heterocycles. The highest BCUT2D eigenvalue weighted by molar-refractivity contribution is 7.89. The number of aromatic nitrogens is 1. The van der Waals surface area contributed by atoms with E-state index in [-0.39, 0.29) is 22.5 Å². The fourth-order valence-corrected chi connectivity index (χ4v) is 8.67. The van der Waals surface area contributed by atoms with Crippen molar-refractivity contribution in [3.05, 3.63) is 24.4 Å². The van der Waals surface area contributed by atoms with Crippen molar-refractivity contribution in [3.63, 3.8) is 0 Å². The maximum absolute atomic E-state index is 13.1. The van der Waals surface area contributed by atoms with Crippen LogP contribution in [0.5, 0.6) is 0 Å². The van der Waals surface area contributed by atoms with Crippen molar-refractivity contribution in [2.75, 3.05) is 19.6 Å². The molecule has 1 saturated heterocycles. The van der Waals surface area contributed by atoms with Gasteiger partial charge in [-0.1, -0.05) is 6.07 Å². The van der Waals surface area contributed by atoms with Crippen LogP contribution in [0.3, 0.4) is 0 Å². The second-order valence-electron chi connectivity index (χ2n) is 10.4. The lowest BCUT2D eigenvalue weighted by Crippen LogP contribution is -2.69. The van der Waals surface area contributed by atoms with Crippen molar-refractivity contribution < 1.29 is 13.2 Å². The Morgan fingerprint density at radius 1 is 1.22 bits per heavy atom. The summed E-state index contributed by atoms with van der Waals surface area (Å²) in [5, 5.41) is 3.70. The number of nitrogens with zero attached hydrogens (tertiary/aromatic N) is 3. The number of sulfonamides is 1. The minimum absolute atomic E-state index is 0.0730. The second kappa shape index (κ2) is 8.18. The summed E-state index contributed by atoms with van der Waals surface area (Å²) in [5.41, 5.74) is -0.641. The summed E-state index contributed by atoms with van der Waals surface area (Å²) in [6.45, 7) is 5.27. The highest BCUT2D eigenvalue weighted by Gasteiger charge is 2.58. The highest BCUT2D eigenvalue weighted by atomic mass is 32.2. The first-order chi connectivity index (χ1) is 15.3. The Balaban J connectivity index is 1.30. The number of hydrogen-bond donors (Lipinski definition) is 2. The standard InChI is InChI=1S/C23H33N5O3S/c1-24-14-19-5-4-8-28(19)21(29)15-26-22-10-17-9-18(11-22)13-23(12-17,16-22)27-32(30,31)20-6-2-3-7-25-20/h2-3,6-7,17-19,26-27H,1,4-5,8-16H2.